The van der Waals surface area contributed by atoms with E-state index in [-0.39, 0.29) is 29.9 Å². The lowest BCUT2D eigenvalue weighted by atomic mass is 9.90. The van der Waals surface area contributed by atoms with Gasteiger partial charge in [-0.2, -0.15) is 18.2 Å². The number of alkyl halides is 4. The summed E-state index contributed by atoms with van der Waals surface area (Å²) in [6, 6.07) is 4.97. The Morgan fingerprint density at radius 1 is 1.14 bits per heavy atom. The Hall–Kier alpha value is -3.33. The lowest BCUT2D eigenvalue weighted by Crippen LogP contribution is -2.39. The largest absolute Gasteiger partial charge is 0.390 e. The van der Waals surface area contributed by atoms with Gasteiger partial charge in [-0.3, -0.25) is 14.1 Å². The van der Waals surface area contributed by atoms with Crippen molar-refractivity contribution in [3.05, 3.63) is 46.6 Å². The van der Waals surface area contributed by atoms with Crippen molar-refractivity contribution in [1.29, 1.82) is 0 Å². The first kappa shape index (κ1) is 32.6. The van der Waals surface area contributed by atoms with Gasteiger partial charge in [-0.05, 0) is 70.3 Å². The van der Waals surface area contributed by atoms with Crippen molar-refractivity contribution in [3.8, 4) is 11.1 Å². The second-order valence-electron chi connectivity index (χ2n) is 11.1. The van der Waals surface area contributed by atoms with Crippen molar-refractivity contribution in [1.82, 2.24) is 19.4 Å². The third kappa shape index (κ3) is 8.19. The van der Waals surface area contributed by atoms with Crippen LogP contribution in [0, 0.1) is 5.82 Å². The van der Waals surface area contributed by atoms with Crippen LogP contribution >= 0.6 is 0 Å². The van der Waals surface area contributed by atoms with E-state index < -0.39 is 45.4 Å². The second-order valence-corrected chi connectivity index (χ2v) is 12.9. The SMILES string of the molecule is CC(C)n1c(=O)c(-c2ccc(NS(=O)(=O)CCC(F)(F)F)c(F)c2)cc2cnc(N[C@H]3CC[C@H](N(C)CCF)CC3)nc21. The number of nitrogens with one attached hydrogen (secondary N) is 2. The third-order valence-corrected chi connectivity index (χ3v) is 8.85. The second kappa shape index (κ2) is 13.1. The Morgan fingerprint density at radius 3 is 2.44 bits per heavy atom. The fourth-order valence-corrected chi connectivity index (χ4v) is 6.37. The summed E-state index contributed by atoms with van der Waals surface area (Å²) in [6.07, 6.45) is -1.16. The number of halogens is 5. The highest BCUT2D eigenvalue weighted by atomic mass is 32.2. The first-order valence-corrected chi connectivity index (χ1v) is 15.6. The van der Waals surface area contributed by atoms with Gasteiger partial charge in [0.2, 0.25) is 16.0 Å². The highest BCUT2D eigenvalue weighted by Crippen LogP contribution is 2.28. The number of sulfonamides is 1. The number of benzene rings is 1. The average molecular weight is 631 g/mol. The minimum Gasteiger partial charge on any atom is -0.351 e. The molecule has 2 aromatic heterocycles. The molecule has 0 amide bonds. The fraction of sp³-hybridized carbons (Fsp3) is 0.536. The summed E-state index contributed by atoms with van der Waals surface area (Å²) in [6.45, 7) is 3.63. The minimum absolute atomic E-state index is 0.117. The maximum atomic E-state index is 14.9. The van der Waals surface area contributed by atoms with Crippen LogP contribution in [0.25, 0.3) is 22.2 Å². The fourth-order valence-electron chi connectivity index (χ4n) is 5.27. The van der Waals surface area contributed by atoms with E-state index in [1.165, 1.54) is 16.7 Å². The van der Waals surface area contributed by atoms with Crippen LogP contribution in [-0.2, 0) is 10.0 Å². The quantitative estimate of drug-likeness (QED) is 0.270. The molecule has 1 saturated carbocycles. The molecule has 0 aliphatic heterocycles. The molecule has 2 heterocycles. The molecule has 0 unspecified atom stereocenters. The van der Waals surface area contributed by atoms with Crippen LogP contribution in [0.4, 0.5) is 33.6 Å². The summed E-state index contributed by atoms with van der Waals surface area (Å²) in [7, 11) is -2.53. The van der Waals surface area contributed by atoms with Crippen LogP contribution in [0.5, 0.6) is 0 Å². The van der Waals surface area contributed by atoms with Crippen LogP contribution < -0.4 is 15.6 Å². The number of fused-ring (bicyclic) bond motifs is 1. The summed E-state index contributed by atoms with van der Waals surface area (Å²) >= 11 is 0. The monoisotopic (exact) mass is 630 g/mol. The lowest BCUT2D eigenvalue weighted by Gasteiger charge is -2.34. The molecule has 2 N–H and O–H groups in total. The van der Waals surface area contributed by atoms with E-state index in [0.717, 1.165) is 37.8 Å². The van der Waals surface area contributed by atoms with Crippen LogP contribution in [0.15, 0.2) is 35.3 Å². The molecule has 0 saturated heterocycles. The first-order valence-electron chi connectivity index (χ1n) is 14.0. The Kier molecular flexibility index (Phi) is 9.94. The molecule has 1 fully saturated rings. The first-order chi connectivity index (χ1) is 20.2. The molecule has 9 nitrogen and oxygen atoms in total. The average Bonchev–Trinajstić information content (AvgIpc) is 2.93. The zero-order valence-corrected chi connectivity index (χ0v) is 24.9. The molecule has 236 valence electrons. The Morgan fingerprint density at radius 2 is 1.84 bits per heavy atom. The zero-order chi connectivity index (χ0) is 31.5. The number of aromatic nitrogens is 3. The number of hydrogen-bond acceptors (Lipinski definition) is 7. The molecule has 0 spiro atoms. The number of hydrogen-bond donors (Lipinski definition) is 2. The standard InChI is InChI=1S/C28H35F5N6O3S/c1-17(2)39-25-19(16-34-27(36-25)35-20-5-7-21(8-6-20)38(3)12-11-29)14-22(26(39)40)18-4-9-24(23(30)15-18)37-43(41,42)13-10-28(31,32)33/h4,9,14-17,20-21,37H,5-8,10-13H2,1-3H3,(H,34,35,36)/t20-,21-. The normalized spacial score (nSPS) is 18.0. The van der Waals surface area contributed by atoms with Crippen molar-refractivity contribution >= 4 is 32.7 Å². The van der Waals surface area contributed by atoms with E-state index in [0.29, 0.717) is 29.6 Å². The van der Waals surface area contributed by atoms with E-state index >= 15 is 0 Å². The molecule has 0 bridgehead atoms. The van der Waals surface area contributed by atoms with E-state index in [2.05, 4.69) is 15.3 Å². The third-order valence-electron chi connectivity index (χ3n) is 7.58. The molecule has 1 aromatic carbocycles. The van der Waals surface area contributed by atoms with Gasteiger partial charge in [0.05, 0.1) is 17.9 Å². The highest BCUT2D eigenvalue weighted by molar-refractivity contribution is 7.92. The predicted octanol–water partition coefficient (Wildman–Crippen LogP) is 5.50. The summed E-state index contributed by atoms with van der Waals surface area (Å²) in [5.74, 6) is -1.94. The maximum Gasteiger partial charge on any atom is 0.390 e. The predicted molar refractivity (Wildman–Crippen MR) is 156 cm³/mol. The van der Waals surface area contributed by atoms with Gasteiger partial charge < -0.3 is 10.2 Å². The molecule has 4 rings (SSSR count). The molecular weight excluding hydrogens is 595 g/mol. The van der Waals surface area contributed by atoms with Crippen LogP contribution in [-0.4, -0.2) is 72.1 Å². The van der Waals surface area contributed by atoms with Gasteiger partial charge in [-0.25, -0.2) is 22.2 Å². The highest BCUT2D eigenvalue weighted by Gasteiger charge is 2.30. The van der Waals surface area contributed by atoms with Gasteiger partial charge in [-0.1, -0.05) is 6.07 Å². The van der Waals surface area contributed by atoms with E-state index in [4.69, 9.17) is 0 Å². The minimum atomic E-state index is -4.68. The topological polar surface area (TPSA) is 109 Å². The van der Waals surface area contributed by atoms with Gasteiger partial charge >= 0.3 is 6.18 Å². The molecule has 43 heavy (non-hydrogen) atoms. The summed E-state index contributed by atoms with van der Waals surface area (Å²) < 4.78 is 92.3. The Balaban J connectivity index is 1.57. The number of nitrogens with zero attached hydrogens (tertiary/aromatic N) is 4. The number of anilines is 2. The summed E-state index contributed by atoms with van der Waals surface area (Å²) in [5.41, 5.74) is -0.341. The van der Waals surface area contributed by atoms with E-state index in [1.807, 2.05) is 16.7 Å². The smallest absolute Gasteiger partial charge is 0.351 e. The van der Waals surface area contributed by atoms with Gasteiger partial charge in [-0.15, -0.1) is 0 Å². The van der Waals surface area contributed by atoms with Crippen LogP contribution in [0.2, 0.25) is 0 Å². The van der Waals surface area contributed by atoms with Crippen molar-refractivity contribution in [2.24, 2.45) is 0 Å². The molecular formula is C28H35F5N6O3S. The van der Waals surface area contributed by atoms with Crippen LogP contribution in [0.3, 0.4) is 0 Å². The summed E-state index contributed by atoms with van der Waals surface area (Å²) in [4.78, 5) is 24.7. The Labute approximate surface area is 246 Å². The zero-order valence-electron chi connectivity index (χ0n) is 24.1. The summed E-state index contributed by atoms with van der Waals surface area (Å²) in [5, 5.41) is 3.86. The molecule has 15 heteroatoms. The van der Waals surface area contributed by atoms with Gasteiger partial charge in [0.15, 0.2) is 0 Å². The van der Waals surface area contributed by atoms with E-state index in [9.17, 15) is 35.2 Å². The van der Waals surface area contributed by atoms with Crippen molar-refractivity contribution < 1.29 is 30.4 Å². The molecule has 1 aliphatic rings. The Bertz CT molecular complexity index is 1600. The van der Waals surface area contributed by atoms with Crippen LogP contribution in [0.1, 0.15) is 52.0 Å². The van der Waals surface area contributed by atoms with Gasteiger partial charge in [0.1, 0.15) is 18.1 Å². The molecule has 3 aromatic rings. The van der Waals surface area contributed by atoms with Crippen molar-refractivity contribution in [3.63, 3.8) is 0 Å². The van der Waals surface area contributed by atoms with Gasteiger partial charge in [0.25, 0.3) is 5.56 Å². The maximum absolute atomic E-state index is 14.9. The molecule has 1 aliphatic carbocycles. The molecule has 0 radical (unpaired) electrons. The lowest BCUT2D eigenvalue weighted by molar-refractivity contribution is -0.129. The molecule has 0 atom stereocenters. The number of rotatable bonds is 11. The van der Waals surface area contributed by atoms with Crippen molar-refractivity contribution in [2.75, 3.05) is 36.1 Å². The van der Waals surface area contributed by atoms with E-state index in [1.54, 1.807) is 20.0 Å². The number of pyridine rings is 1. The van der Waals surface area contributed by atoms with Gasteiger partial charge in [0, 0.05) is 41.8 Å². The van der Waals surface area contributed by atoms with Crippen molar-refractivity contribution in [2.45, 2.75) is 70.3 Å².